The van der Waals surface area contributed by atoms with Crippen LogP contribution in [0, 0.1) is 0 Å². The molecule has 24 heavy (non-hydrogen) atoms. The lowest BCUT2D eigenvalue weighted by atomic mass is 10.1. The molecule has 5 nitrogen and oxygen atoms in total. The average Bonchev–Trinajstić information content (AvgIpc) is 3.32. The Labute approximate surface area is 141 Å². The summed E-state index contributed by atoms with van der Waals surface area (Å²) in [6.07, 6.45) is 1.42. The highest BCUT2D eigenvalue weighted by atomic mass is 19.1. The zero-order chi connectivity index (χ0) is 16.7. The highest BCUT2D eigenvalue weighted by Gasteiger charge is 2.38. The minimum absolute atomic E-state index is 0.0619. The summed E-state index contributed by atoms with van der Waals surface area (Å²) in [5, 5.41) is 3.35. The van der Waals surface area contributed by atoms with E-state index in [1.165, 1.54) is 11.3 Å². The molecular formula is C18H24FN3O2. The summed E-state index contributed by atoms with van der Waals surface area (Å²) in [6, 6.07) is 6.35. The molecule has 2 saturated heterocycles. The van der Waals surface area contributed by atoms with E-state index in [4.69, 9.17) is 4.74 Å². The zero-order valence-corrected chi connectivity index (χ0v) is 14.0. The van der Waals surface area contributed by atoms with Gasteiger partial charge in [-0.15, -0.1) is 0 Å². The maximum absolute atomic E-state index is 13.3. The molecule has 3 atom stereocenters. The molecule has 3 aliphatic rings. The van der Waals surface area contributed by atoms with E-state index in [0.29, 0.717) is 19.0 Å². The molecule has 1 aromatic rings. The number of fused-ring (bicyclic) bond motifs is 1. The van der Waals surface area contributed by atoms with E-state index in [1.54, 1.807) is 12.0 Å². The normalized spacial score (nSPS) is 29.2. The fourth-order valence-electron chi connectivity index (χ4n) is 4.19. The van der Waals surface area contributed by atoms with E-state index in [2.05, 4.69) is 22.3 Å². The Hall–Kier alpha value is -1.82. The van der Waals surface area contributed by atoms with Crippen LogP contribution >= 0.6 is 0 Å². The summed E-state index contributed by atoms with van der Waals surface area (Å²) >= 11 is 0. The minimum atomic E-state index is -0.855. The number of rotatable bonds is 3. The van der Waals surface area contributed by atoms with Crippen molar-refractivity contribution >= 4 is 11.6 Å². The molecule has 2 fully saturated rings. The molecule has 0 saturated carbocycles. The maximum Gasteiger partial charge on any atom is 0.239 e. The molecule has 6 heteroatoms. The molecule has 0 aromatic heterocycles. The summed E-state index contributed by atoms with van der Waals surface area (Å²) in [5.74, 6) is 0.954. The van der Waals surface area contributed by atoms with Crippen LogP contribution in [-0.4, -0.2) is 62.4 Å². The third-order valence-corrected chi connectivity index (χ3v) is 5.51. The Kier molecular flexibility index (Phi) is 4.08. The first-order valence-corrected chi connectivity index (χ1v) is 8.75. The van der Waals surface area contributed by atoms with Gasteiger partial charge < -0.3 is 19.9 Å². The molecule has 0 bridgehead atoms. The van der Waals surface area contributed by atoms with Crippen molar-refractivity contribution in [2.24, 2.45) is 0 Å². The summed E-state index contributed by atoms with van der Waals surface area (Å²) in [4.78, 5) is 16.6. The fourth-order valence-corrected chi connectivity index (χ4v) is 4.19. The van der Waals surface area contributed by atoms with Gasteiger partial charge in [0.2, 0.25) is 5.91 Å². The van der Waals surface area contributed by atoms with Gasteiger partial charge in [0.15, 0.2) is 0 Å². The van der Waals surface area contributed by atoms with Gasteiger partial charge in [0.1, 0.15) is 11.9 Å². The number of hydrogen-bond acceptors (Lipinski definition) is 4. The number of amides is 1. The summed E-state index contributed by atoms with van der Waals surface area (Å²) in [6.45, 7) is 2.59. The van der Waals surface area contributed by atoms with Gasteiger partial charge in [-0.3, -0.25) is 4.79 Å². The molecule has 3 aliphatic heterocycles. The van der Waals surface area contributed by atoms with Crippen molar-refractivity contribution in [3.63, 3.8) is 0 Å². The van der Waals surface area contributed by atoms with Crippen molar-refractivity contribution in [2.45, 2.75) is 37.5 Å². The van der Waals surface area contributed by atoms with Crippen molar-refractivity contribution in [1.29, 1.82) is 0 Å². The molecule has 0 spiro atoms. The maximum atomic E-state index is 13.3. The summed E-state index contributed by atoms with van der Waals surface area (Å²) in [5.41, 5.74) is 2.56. The second kappa shape index (κ2) is 6.24. The Morgan fingerprint density at radius 1 is 1.38 bits per heavy atom. The molecule has 0 aliphatic carbocycles. The number of anilines is 1. The predicted octanol–water partition coefficient (Wildman–Crippen LogP) is 1.36. The van der Waals surface area contributed by atoms with Crippen molar-refractivity contribution in [1.82, 2.24) is 10.2 Å². The first-order valence-electron chi connectivity index (χ1n) is 8.75. The van der Waals surface area contributed by atoms with Gasteiger partial charge in [-0.05, 0) is 43.0 Å². The van der Waals surface area contributed by atoms with Gasteiger partial charge in [-0.2, -0.15) is 0 Å². The van der Waals surface area contributed by atoms with E-state index in [-0.39, 0.29) is 18.5 Å². The monoisotopic (exact) mass is 333 g/mol. The molecule has 3 heterocycles. The van der Waals surface area contributed by atoms with Crippen LogP contribution in [-0.2, 0) is 11.2 Å². The minimum Gasteiger partial charge on any atom is -0.497 e. The van der Waals surface area contributed by atoms with Crippen molar-refractivity contribution in [3.05, 3.63) is 23.8 Å². The number of carbonyl (C=O) groups is 1. The second-order valence-corrected chi connectivity index (χ2v) is 6.96. The number of alkyl halides is 1. The quantitative estimate of drug-likeness (QED) is 0.907. The number of hydrogen-bond donors (Lipinski definition) is 1. The number of nitrogens with one attached hydrogen (secondary N) is 1. The first kappa shape index (κ1) is 15.7. The Morgan fingerprint density at radius 2 is 2.25 bits per heavy atom. The van der Waals surface area contributed by atoms with Crippen LogP contribution in [0.5, 0.6) is 5.75 Å². The lowest BCUT2D eigenvalue weighted by Crippen LogP contribution is -2.42. The van der Waals surface area contributed by atoms with Crippen LogP contribution in [0.2, 0.25) is 0 Å². The van der Waals surface area contributed by atoms with Crippen LogP contribution in [0.25, 0.3) is 0 Å². The largest absolute Gasteiger partial charge is 0.497 e. The number of benzene rings is 1. The van der Waals surface area contributed by atoms with Gasteiger partial charge in [0.25, 0.3) is 0 Å². The number of nitrogens with zero attached hydrogens (tertiary/aromatic N) is 2. The Bertz CT molecular complexity index is 639. The lowest BCUT2D eigenvalue weighted by Gasteiger charge is -2.27. The van der Waals surface area contributed by atoms with Crippen LogP contribution < -0.4 is 15.0 Å². The van der Waals surface area contributed by atoms with E-state index in [9.17, 15) is 9.18 Å². The fraction of sp³-hybridized carbons (Fsp3) is 0.611. The predicted molar refractivity (Wildman–Crippen MR) is 90.3 cm³/mol. The molecule has 130 valence electrons. The van der Waals surface area contributed by atoms with Gasteiger partial charge in [-0.1, -0.05) is 0 Å². The zero-order valence-electron chi connectivity index (χ0n) is 14.0. The third kappa shape index (κ3) is 2.73. The smallest absolute Gasteiger partial charge is 0.239 e. The standard InChI is InChI=1S/C18H24FN3O2/c1-24-15-2-3-17-12(8-15)4-7-22(17)14-9-16(20-10-14)18(23)21-6-5-13(19)11-21/h2-3,8,13-14,16,20H,4-7,9-11H2,1H3/t13?,14-,16-/m0/s1. The van der Waals surface area contributed by atoms with Crippen molar-refractivity contribution < 1.29 is 13.9 Å². The van der Waals surface area contributed by atoms with Crippen LogP contribution in [0.1, 0.15) is 18.4 Å². The number of carbonyl (C=O) groups excluding carboxylic acids is 1. The van der Waals surface area contributed by atoms with Crippen molar-refractivity contribution in [2.75, 3.05) is 38.2 Å². The Morgan fingerprint density at radius 3 is 3.00 bits per heavy atom. The first-order chi connectivity index (χ1) is 11.7. The van der Waals surface area contributed by atoms with E-state index in [1.807, 2.05) is 6.07 Å². The molecule has 1 aromatic carbocycles. The molecule has 4 rings (SSSR count). The van der Waals surface area contributed by atoms with Crippen LogP contribution in [0.15, 0.2) is 18.2 Å². The SMILES string of the molecule is COc1ccc2c(c1)CCN2[C@@H]1CN[C@H](C(=O)N2CCC(F)C2)C1. The van der Waals surface area contributed by atoms with Gasteiger partial charge >= 0.3 is 0 Å². The summed E-state index contributed by atoms with van der Waals surface area (Å²) < 4.78 is 18.6. The van der Waals surface area contributed by atoms with E-state index >= 15 is 0 Å². The number of likely N-dealkylation sites (tertiary alicyclic amines) is 1. The van der Waals surface area contributed by atoms with Gasteiger partial charge in [0.05, 0.1) is 19.7 Å². The van der Waals surface area contributed by atoms with E-state index in [0.717, 1.165) is 31.7 Å². The molecule has 1 N–H and O–H groups in total. The van der Waals surface area contributed by atoms with Crippen molar-refractivity contribution in [3.8, 4) is 5.75 Å². The van der Waals surface area contributed by atoms with E-state index < -0.39 is 6.17 Å². The average molecular weight is 333 g/mol. The number of ether oxygens (including phenoxy) is 1. The number of methoxy groups -OCH3 is 1. The second-order valence-electron chi connectivity index (χ2n) is 6.96. The molecule has 1 amide bonds. The third-order valence-electron chi connectivity index (χ3n) is 5.51. The lowest BCUT2D eigenvalue weighted by molar-refractivity contribution is -0.132. The highest BCUT2D eigenvalue weighted by molar-refractivity contribution is 5.83. The number of halogens is 1. The van der Waals surface area contributed by atoms with Gasteiger partial charge in [-0.25, -0.2) is 4.39 Å². The van der Waals surface area contributed by atoms with Crippen LogP contribution in [0.4, 0.5) is 10.1 Å². The summed E-state index contributed by atoms with van der Waals surface area (Å²) in [7, 11) is 1.69. The molecule has 1 unspecified atom stereocenters. The van der Waals surface area contributed by atoms with Crippen LogP contribution in [0.3, 0.4) is 0 Å². The highest BCUT2D eigenvalue weighted by Crippen LogP contribution is 2.34. The Balaban J connectivity index is 1.42. The topological polar surface area (TPSA) is 44.8 Å². The van der Waals surface area contributed by atoms with Gasteiger partial charge in [0, 0.05) is 31.4 Å². The molecular weight excluding hydrogens is 309 g/mol. The molecule has 0 radical (unpaired) electrons.